The number of imidazole rings is 1. The molecule has 0 unspecified atom stereocenters. The Morgan fingerprint density at radius 3 is 2.33 bits per heavy atom. The first-order valence-corrected chi connectivity index (χ1v) is 12.3. The SMILES string of the molecule is Cn1nnnc1C1CC(c2ccc(-c3ccc(C#C[C@@H](CO)n4ccnc4[C@@](C)(O)S)cc3)cc2)C1. The predicted molar refractivity (Wildman–Crippen MR) is 139 cm³/mol. The number of tetrazole rings is 1. The van der Waals surface area contributed by atoms with Gasteiger partial charge in [-0.1, -0.05) is 48.2 Å². The first-order chi connectivity index (χ1) is 17.3. The zero-order chi connectivity index (χ0) is 25.3. The fourth-order valence-corrected chi connectivity index (χ4v) is 4.85. The summed E-state index contributed by atoms with van der Waals surface area (Å²) >= 11 is 4.18. The number of hydrogen-bond donors (Lipinski definition) is 3. The minimum atomic E-state index is -1.43. The second-order valence-corrected chi connectivity index (χ2v) is 10.2. The van der Waals surface area contributed by atoms with Gasteiger partial charge in [-0.15, -0.1) is 17.7 Å². The minimum Gasteiger partial charge on any atom is -0.393 e. The van der Waals surface area contributed by atoms with Gasteiger partial charge in [0.05, 0.1) is 6.61 Å². The molecule has 0 amide bonds. The molecule has 0 radical (unpaired) electrons. The smallest absolute Gasteiger partial charge is 0.163 e. The van der Waals surface area contributed by atoms with Crippen LogP contribution < -0.4 is 0 Å². The van der Waals surface area contributed by atoms with E-state index in [1.165, 1.54) is 12.5 Å². The lowest BCUT2D eigenvalue weighted by Gasteiger charge is -2.34. The van der Waals surface area contributed by atoms with E-state index in [0.29, 0.717) is 17.7 Å². The Morgan fingerprint density at radius 1 is 1.08 bits per heavy atom. The van der Waals surface area contributed by atoms with Crippen LogP contribution in [0.4, 0.5) is 0 Å². The van der Waals surface area contributed by atoms with Crippen LogP contribution in [0, 0.1) is 11.8 Å². The molecule has 5 rings (SSSR count). The summed E-state index contributed by atoms with van der Waals surface area (Å²) < 4.78 is 3.41. The van der Waals surface area contributed by atoms with Crippen LogP contribution in [0.15, 0.2) is 60.9 Å². The van der Waals surface area contributed by atoms with Crippen LogP contribution in [0.1, 0.15) is 60.4 Å². The van der Waals surface area contributed by atoms with Gasteiger partial charge in [0.15, 0.2) is 16.6 Å². The third kappa shape index (κ3) is 4.93. The molecular formula is C27H28N6O2S. The Kier molecular flexibility index (Phi) is 6.67. The summed E-state index contributed by atoms with van der Waals surface area (Å²) in [5.41, 5.74) is 4.46. The highest BCUT2D eigenvalue weighted by atomic mass is 32.1. The van der Waals surface area contributed by atoms with Gasteiger partial charge in [0.2, 0.25) is 0 Å². The summed E-state index contributed by atoms with van der Waals surface area (Å²) in [5.74, 6) is 8.47. The molecule has 1 aliphatic rings. The molecule has 184 valence electrons. The summed E-state index contributed by atoms with van der Waals surface area (Å²) in [7, 11) is 1.89. The Hall–Kier alpha value is -3.45. The van der Waals surface area contributed by atoms with Gasteiger partial charge in [0.25, 0.3) is 0 Å². The van der Waals surface area contributed by atoms with Crippen LogP contribution in [-0.2, 0) is 12.0 Å². The average Bonchev–Trinajstić information content (AvgIpc) is 3.49. The van der Waals surface area contributed by atoms with Crippen molar-refractivity contribution < 1.29 is 10.2 Å². The maximum atomic E-state index is 10.2. The van der Waals surface area contributed by atoms with E-state index in [9.17, 15) is 10.2 Å². The van der Waals surface area contributed by atoms with Gasteiger partial charge in [0.1, 0.15) is 6.04 Å². The Labute approximate surface area is 215 Å². The zero-order valence-corrected chi connectivity index (χ0v) is 21.0. The zero-order valence-electron chi connectivity index (χ0n) is 20.2. The number of aliphatic hydroxyl groups excluding tert-OH is 1. The normalized spacial score (nSPS) is 19.6. The number of hydrogen-bond acceptors (Lipinski definition) is 7. The van der Waals surface area contributed by atoms with Crippen molar-refractivity contribution in [3.05, 3.63) is 83.7 Å². The molecule has 2 heterocycles. The number of nitrogens with zero attached hydrogens (tertiary/aromatic N) is 6. The number of rotatable bonds is 6. The highest BCUT2D eigenvalue weighted by molar-refractivity contribution is 7.81. The van der Waals surface area contributed by atoms with Crippen LogP contribution >= 0.6 is 12.6 Å². The fourth-order valence-electron chi connectivity index (χ4n) is 4.68. The monoisotopic (exact) mass is 500 g/mol. The van der Waals surface area contributed by atoms with E-state index in [1.54, 1.807) is 21.6 Å². The molecule has 2 N–H and O–H groups in total. The van der Waals surface area contributed by atoms with Crippen molar-refractivity contribution in [3.63, 3.8) is 0 Å². The number of benzene rings is 2. The molecule has 8 nitrogen and oxygen atoms in total. The quantitative estimate of drug-likeness (QED) is 0.213. The van der Waals surface area contributed by atoms with Crippen molar-refractivity contribution in [2.45, 2.75) is 42.6 Å². The van der Waals surface area contributed by atoms with E-state index in [0.717, 1.165) is 35.4 Å². The van der Waals surface area contributed by atoms with Gasteiger partial charge in [-0.05, 0) is 64.9 Å². The van der Waals surface area contributed by atoms with Gasteiger partial charge in [0, 0.05) is 30.9 Å². The maximum Gasteiger partial charge on any atom is 0.163 e. The van der Waals surface area contributed by atoms with E-state index >= 15 is 0 Å². The molecule has 36 heavy (non-hydrogen) atoms. The summed E-state index contributed by atoms with van der Waals surface area (Å²) in [5, 5.41) is 31.9. The minimum absolute atomic E-state index is 0.206. The van der Waals surface area contributed by atoms with Crippen molar-refractivity contribution in [1.29, 1.82) is 0 Å². The summed E-state index contributed by atoms with van der Waals surface area (Å²) in [6.45, 7) is 1.32. The Balaban J connectivity index is 1.24. The molecule has 1 fully saturated rings. The molecule has 2 aromatic heterocycles. The maximum absolute atomic E-state index is 10.2. The molecule has 1 aliphatic carbocycles. The number of thiol groups is 1. The van der Waals surface area contributed by atoms with Crippen molar-refractivity contribution in [2.75, 3.05) is 6.61 Å². The summed E-state index contributed by atoms with van der Waals surface area (Å²) in [6.07, 6.45) is 5.38. The third-order valence-electron chi connectivity index (χ3n) is 6.74. The molecule has 1 saturated carbocycles. The van der Waals surface area contributed by atoms with Gasteiger partial charge < -0.3 is 14.8 Å². The van der Waals surface area contributed by atoms with Crippen molar-refractivity contribution >= 4 is 12.6 Å². The predicted octanol–water partition coefficient (Wildman–Crippen LogP) is 3.41. The lowest BCUT2D eigenvalue weighted by molar-refractivity contribution is 0.142. The van der Waals surface area contributed by atoms with E-state index < -0.39 is 11.0 Å². The van der Waals surface area contributed by atoms with E-state index in [2.05, 4.69) is 81.4 Å². The van der Waals surface area contributed by atoms with Crippen LogP contribution in [-0.4, -0.2) is 46.6 Å². The van der Waals surface area contributed by atoms with Gasteiger partial charge in [-0.3, -0.25) is 0 Å². The molecule has 0 saturated heterocycles. The summed E-state index contributed by atoms with van der Waals surface area (Å²) in [6, 6.07) is 16.3. The molecule has 9 heteroatoms. The third-order valence-corrected chi connectivity index (χ3v) is 6.94. The molecule has 0 aliphatic heterocycles. The second-order valence-electron chi connectivity index (χ2n) is 9.37. The molecule has 2 atom stereocenters. The van der Waals surface area contributed by atoms with E-state index in [4.69, 9.17) is 0 Å². The lowest BCUT2D eigenvalue weighted by atomic mass is 9.71. The number of aliphatic hydroxyl groups is 2. The van der Waals surface area contributed by atoms with Crippen LogP contribution in [0.2, 0.25) is 0 Å². The van der Waals surface area contributed by atoms with Gasteiger partial charge in [-0.25, -0.2) is 9.67 Å². The van der Waals surface area contributed by atoms with Gasteiger partial charge in [-0.2, -0.15) is 0 Å². The van der Waals surface area contributed by atoms with Crippen molar-refractivity contribution in [1.82, 2.24) is 29.8 Å². The van der Waals surface area contributed by atoms with E-state index in [-0.39, 0.29) is 6.61 Å². The van der Waals surface area contributed by atoms with Crippen LogP contribution in [0.25, 0.3) is 11.1 Å². The molecule has 0 spiro atoms. The largest absolute Gasteiger partial charge is 0.393 e. The average molecular weight is 501 g/mol. The van der Waals surface area contributed by atoms with Crippen LogP contribution in [0.5, 0.6) is 0 Å². The highest BCUT2D eigenvalue weighted by Gasteiger charge is 2.34. The number of aromatic nitrogens is 6. The first-order valence-electron chi connectivity index (χ1n) is 11.9. The molecular weight excluding hydrogens is 472 g/mol. The first kappa shape index (κ1) is 24.3. The van der Waals surface area contributed by atoms with E-state index in [1.807, 2.05) is 19.2 Å². The second kappa shape index (κ2) is 9.90. The Bertz CT molecular complexity index is 1390. The van der Waals surface area contributed by atoms with Crippen molar-refractivity contribution in [3.8, 4) is 23.0 Å². The highest BCUT2D eigenvalue weighted by Crippen LogP contribution is 2.46. The molecule has 4 aromatic rings. The summed E-state index contributed by atoms with van der Waals surface area (Å²) in [4.78, 5) is 2.72. The topological polar surface area (TPSA) is 102 Å². The Morgan fingerprint density at radius 2 is 1.75 bits per heavy atom. The lowest BCUT2D eigenvalue weighted by Crippen LogP contribution is -2.23. The molecule has 0 bridgehead atoms. The van der Waals surface area contributed by atoms with Crippen LogP contribution in [0.3, 0.4) is 0 Å². The van der Waals surface area contributed by atoms with Crippen molar-refractivity contribution in [2.24, 2.45) is 7.05 Å². The number of aryl methyl sites for hydroxylation is 1. The standard InChI is InChI=1S/C27H28N6O2S/c1-27(35,36)26-28-13-14-33(26)24(17-34)12-5-18-3-6-19(7-4-18)20-8-10-21(11-9-20)22-15-23(16-22)25-29-30-31-32(25)2/h3-4,6-11,13-14,22-24,34-36H,15-17H2,1-2H3/t22?,23?,24-,27-/m0/s1. The molecule has 2 aromatic carbocycles. The van der Waals surface area contributed by atoms with Gasteiger partial charge >= 0.3 is 0 Å². The fraction of sp³-hybridized carbons (Fsp3) is 0.333.